The van der Waals surface area contributed by atoms with Crippen molar-refractivity contribution in [2.75, 3.05) is 0 Å². The van der Waals surface area contributed by atoms with Crippen molar-refractivity contribution in [2.24, 2.45) is 0 Å². The Morgan fingerprint density at radius 1 is 1.19 bits per heavy atom. The summed E-state index contributed by atoms with van der Waals surface area (Å²) in [5.41, 5.74) is 2.21. The summed E-state index contributed by atoms with van der Waals surface area (Å²) in [7, 11) is 0. The molecular formula is C15H18N4O2. The lowest BCUT2D eigenvalue weighted by Crippen LogP contribution is -1.90. The van der Waals surface area contributed by atoms with Gasteiger partial charge in [0.1, 0.15) is 0 Å². The van der Waals surface area contributed by atoms with Gasteiger partial charge >= 0.3 is 0 Å². The Morgan fingerprint density at radius 2 is 2.00 bits per heavy atom. The standard InChI is InChI=1S/C15H18N4O2/c1-5-9(4)13-17-18-14(20-13)10-6-11-12(8(2)3)19-21-15(11)16-7-10/h6-9H,5H2,1-4H3. The van der Waals surface area contributed by atoms with Gasteiger partial charge in [0.25, 0.3) is 5.71 Å². The zero-order chi connectivity index (χ0) is 15.0. The van der Waals surface area contributed by atoms with Crippen molar-refractivity contribution in [1.29, 1.82) is 0 Å². The van der Waals surface area contributed by atoms with Crippen LogP contribution in [0.15, 0.2) is 21.2 Å². The smallest absolute Gasteiger partial charge is 0.257 e. The molecule has 0 radical (unpaired) electrons. The Bertz CT molecular complexity index is 760. The van der Waals surface area contributed by atoms with E-state index in [1.165, 1.54) is 0 Å². The molecule has 0 spiro atoms. The minimum atomic E-state index is 0.254. The van der Waals surface area contributed by atoms with E-state index in [-0.39, 0.29) is 11.8 Å². The summed E-state index contributed by atoms with van der Waals surface area (Å²) in [5.74, 6) is 1.66. The van der Waals surface area contributed by atoms with Gasteiger partial charge in [-0.05, 0) is 18.4 Å². The van der Waals surface area contributed by atoms with Gasteiger partial charge in [0.05, 0.1) is 16.6 Å². The maximum absolute atomic E-state index is 5.73. The Kier molecular flexibility index (Phi) is 3.45. The van der Waals surface area contributed by atoms with Crippen molar-refractivity contribution < 1.29 is 8.94 Å². The molecule has 0 amide bonds. The highest BCUT2D eigenvalue weighted by molar-refractivity contribution is 5.80. The quantitative estimate of drug-likeness (QED) is 0.723. The second kappa shape index (κ2) is 5.27. The number of hydrogen-bond donors (Lipinski definition) is 0. The molecule has 0 aliphatic carbocycles. The fraction of sp³-hybridized carbons (Fsp3) is 0.467. The average molecular weight is 286 g/mol. The number of rotatable bonds is 4. The van der Waals surface area contributed by atoms with Crippen molar-refractivity contribution in [2.45, 2.75) is 46.0 Å². The van der Waals surface area contributed by atoms with Crippen molar-refractivity contribution in [3.05, 3.63) is 23.8 Å². The summed E-state index contributed by atoms with van der Waals surface area (Å²) in [5, 5.41) is 13.2. The second-order valence-corrected chi connectivity index (χ2v) is 5.55. The maximum Gasteiger partial charge on any atom is 0.257 e. The molecular weight excluding hydrogens is 268 g/mol. The van der Waals surface area contributed by atoms with Crippen molar-refractivity contribution >= 4 is 11.1 Å². The zero-order valence-electron chi connectivity index (χ0n) is 12.6. The van der Waals surface area contributed by atoms with Crippen LogP contribution in [0.4, 0.5) is 0 Å². The van der Waals surface area contributed by atoms with Gasteiger partial charge in [0.15, 0.2) is 0 Å². The molecule has 21 heavy (non-hydrogen) atoms. The van der Waals surface area contributed by atoms with Crippen LogP contribution in [0.1, 0.15) is 57.5 Å². The average Bonchev–Trinajstić information content (AvgIpc) is 3.12. The minimum Gasteiger partial charge on any atom is -0.420 e. The Morgan fingerprint density at radius 3 is 2.71 bits per heavy atom. The highest BCUT2D eigenvalue weighted by Crippen LogP contribution is 2.28. The predicted octanol–water partition coefficient (Wildman–Crippen LogP) is 3.91. The van der Waals surface area contributed by atoms with E-state index in [4.69, 9.17) is 8.94 Å². The third kappa shape index (κ3) is 2.41. The number of aromatic nitrogens is 4. The normalized spacial score (nSPS) is 13.2. The predicted molar refractivity (Wildman–Crippen MR) is 77.9 cm³/mol. The summed E-state index contributed by atoms with van der Waals surface area (Å²) < 4.78 is 11.0. The molecule has 3 heterocycles. The molecule has 6 nitrogen and oxygen atoms in total. The molecule has 110 valence electrons. The van der Waals surface area contributed by atoms with Crippen LogP contribution in [-0.4, -0.2) is 20.3 Å². The molecule has 0 fully saturated rings. The highest BCUT2D eigenvalue weighted by atomic mass is 16.5. The Hall–Kier alpha value is -2.24. The Labute approximate surface area is 122 Å². The summed E-state index contributed by atoms with van der Waals surface area (Å²) in [4.78, 5) is 4.28. The lowest BCUT2D eigenvalue weighted by molar-refractivity contribution is 0.434. The summed E-state index contributed by atoms with van der Waals surface area (Å²) >= 11 is 0. The van der Waals surface area contributed by atoms with Gasteiger partial charge in [-0.1, -0.05) is 32.9 Å². The van der Waals surface area contributed by atoms with Crippen molar-refractivity contribution in [3.63, 3.8) is 0 Å². The van der Waals surface area contributed by atoms with Crippen LogP contribution in [0.25, 0.3) is 22.6 Å². The third-order valence-corrected chi connectivity index (χ3v) is 3.63. The van der Waals surface area contributed by atoms with Gasteiger partial charge in [-0.25, -0.2) is 4.98 Å². The Balaban J connectivity index is 2.04. The van der Waals surface area contributed by atoms with Crippen LogP contribution in [-0.2, 0) is 0 Å². The van der Waals surface area contributed by atoms with Gasteiger partial charge in [-0.3, -0.25) is 0 Å². The molecule has 3 rings (SSSR count). The fourth-order valence-corrected chi connectivity index (χ4v) is 2.11. The minimum absolute atomic E-state index is 0.254. The van der Waals surface area contributed by atoms with E-state index in [1.54, 1.807) is 6.20 Å². The molecule has 6 heteroatoms. The van der Waals surface area contributed by atoms with E-state index >= 15 is 0 Å². The van der Waals surface area contributed by atoms with E-state index in [1.807, 2.05) is 6.07 Å². The summed E-state index contributed by atoms with van der Waals surface area (Å²) in [6.07, 6.45) is 2.63. The van der Waals surface area contributed by atoms with Crippen LogP contribution in [0.5, 0.6) is 0 Å². The number of pyridine rings is 1. The van der Waals surface area contributed by atoms with Gasteiger partial charge in [-0.2, -0.15) is 0 Å². The number of nitrogens with zero attached hydrogens (tertiary/aromatic N) is 4. The second-order valence-electron chi connectivity index (χ2n) is 5.55. The molecule has 0 saturated heterocycles. The molecule has 0 aromatic carbocycles. The molecule has 0 bridgehead atoms. The highest BCUT2D eigenvalue weighted by Gasteiger charge is 2.17. The maximum atomic E-state index is 5.73. The number of hydrogen-bond acceptors (Lipinski definition) is 6. The van der Waals surface area contributed by atoms with Crippen LogP contribution < -0.4 is 0 Å². The third-order valence-electron chi connectivity index (χ3n) is 3.63. The molecule has 0 N–H and O–H groups in total. The molecule has 3 aromatic heterocycles. The zero-order valence-corrected chi connectivity index (χ0v) is 12.6. The van der Waals surface area contributed by atoms with Gasteiger partial charge < -0.3 is 8.94 Å². The largest absolute Gasteiger partial charge is 0.420 e. The molecule has 0 aliphatic rings. The van der Waals surface area contributed by atoms with Gasteiger partial charge in [-0.15, -0.1) is 10.2 Å². The molecule has 1 atom stereocenters. The van der Waals surface area contributed by atoms with Gasteiger partial charge in [0.2, 0.25) is 11.8 Å². The van der Waals surface area contributed by atoms with Crippen LogP contribution >= 0.6 is 0 Å². The molecule has 3 aromatic rings. The van der Waals surface area contributed by atoms with E-state index in [0.29, 0.717) is 17.5 Å². The first-order valence-corrected chi connectivity index (χ1v) is 7.19. The number of fused-ring (bicyclic) bond motifs is 1. The first-order chi connectivity index (χ1) is 10.1. The van der Waals surface area contributed by atoms with Crippen molar-refractivity contribution in [1.82, 2.24) is 20.3 Å². The molecule has 1 unspecified atom stereocenters. The first kappa shape index (κ1) is 13.7. The van der Waals surface area contributed by atoms with E-state index in [9.17, 15) is 0 Å². The van der Waals surface area contributed by atoms with E-state index in [2.05, 4.69) is 48.0 Å². The van der Waals surface area contributed by atoms with Crippen LogP contribution in [0.3, 0.4) is 0 Å². The molecule has 0 aliphatic heterocycles. The van der Waals surface area contributed by atoms with Crippen molar-refractivity contribution in [3.8, 4) is 11.5 Å². The lowest BCUT2D eigenvalue weighted by Gasteiger charge is -2.00. The first-order valence-electron chi connectivity index (χ1n) is 7.19. The van der Waals surface area contributed by atoms with Crippen LogP contribution in [0.2, 0.25) is 0 Å². The molecule has 0 saturated carbocycles. The van der Waals surface area contributed by atoms with Crippen LogP contribution in [0, 0.1) is 0 Å². The fourth-order valence-electron chi connectivity index (χ4n) is 2.11. The SMILES string of the molecule is CCC(C)c1nnc(-c2cnc3onc(C(C)C)c3c2)o1. The monoisotopic (exact) mass is 286 g/mol. The summed E-state index contributed by atoms with van der Waals surface area (Å²) in [6, 6.07) is 1.95. The summed E-state index contributed by atoms with van der Waals surface area (Å²) in [6.45, 7) is 8.29. The van der Waals surface area contributed by atoms with Gasteiger partial charge in [0, 0.05) is 12.1 Å². The van der Waals surface area contributed by atoms with E-state index < -0.39 is 0 Å². The topological polar surface area (TPSA) is 77.8 Å². The van der Waals surface area contributed by atoms with E-state index in [0.717, 1.165) is 23.1 Å². The lowest BCUT2D eigenvalue weighted by atomic mass is 10.1.